The minimum absolute atomic E-state index is 0.156. The predicted octanol–water partition coefficient (Wildman–Crippen LogP) is 4.06. The molecule has 1 amide bonds. The van der Waals surface area contributed by atoms with E-state index in [0.29, 0.717) is 17.1 Å². The number of carbonyl (C=O) groups excluding carboxylic acids is 1. The number of aromatic nitrogens is 4. The van der Waals surface area contributed by atoms with E-state index < -0.39 is 0 Å². The Bertz CT molecular complexity index is 1170. The smallest absolute Gasteiger partial charge is 0.273 e. The molecule has 5 rings (SSSR count). The van der Waals surface area contributed by atoms with Gasteiger partial charge >= 0.3 is 0 Å². The van der Waals surface area contributed by atoms with Crippen LogP contribution in [0.3, 0.4) is 0 Å². The van der Waals surface area contributed by atoms with Gasteiger partial charge in [0.15, 0.2) is 11.5 Å². The third kappa shape index (κ3) is 3.18. The predicted molar refractivity (Wildman–Crippen MR) is 109 cm³/mol. The fourth-order valence-corrected chi connectivity index (χ4v) is 3.97. The normalized spacial score (nSPS) is 14.5. The number of fused-ring (bicyclic) bond motifs is 1. The van der Waals surface area contributed by atoms with E-state index >= 15 is 0 Å². The lowest BCUT2D eigenvalue weighted by molar-refractivity contribution is 0.0932. The summed E-state index contributed by atoms with van der Waals surface area (Å²) < 4.78 is 7.27. The van der Waals surface area contributed by atoms with Gasteiger partial charge in [-0.25, -0.2) is 4.68 Å². The van der Waals surface area contributed by atoms with E-state index in [4.69, 9.17) is 4.52 Å². The lowest BCUT2D eigenvalue weighted by Crippen LogP contribution is -2.33. The Kier molecular flexibility index (Phi) is 4.35. The van der Waals surface area contributed by atoms with Gasteiger partial charge in [0.1, 0.15) is 5.52 Å². The third-order valence-corrected chi connectivity index (χ3v) is 5.54. The van der Waals surface area contributed by atoms with Crippen LogP contribution in [0.5, 0.6) is 0 Å². The Labute approximate surface area is 167 Å². The number of nitrogens with one attached hydrogen (secondary N) is 1. The summed E-state index contributed by atoms with van der Waals surface area (Å²) >= 11 is 0. The SMILES string of the molecule is Cc1c(C(=O)NC2CCCC2)nnn1-c1ccc2noc(-c3ccccc3)c2c1. The van der Waals surface area contributed by atoms with Gasteiger partial charge in [0.25, 0.3) is 5.91 Å². The van der Waals surface area contributed by atoms with Gasteiger partial charge in [-0.3, -0.25) is 4.79 Å². The summed E-state index contributed by atoms with van der Waals surface area (Å²) in [5, 5.41) is 16.5. The second-order valence-electron chi connectivity index (χ2n) is 7.47. The van der Waals surface area contributed by atoms with Crippen LogP contribution in [0.4, 0.5) is 0 Å². The zero-order valence-electron chi connectivity index (χ0n) is 16.1. The number of nitrogens with zero attached hydrogens (tertiary/aromatic N) is 4. The molecule has 1 fully saturated rings. The average Bonchev–Trinajstić information content (AvgIpc) is 3.48. The number of rotatable bonds is 4. The van der Waals surface area contributed by atoms with Crippen LogP contribution in [0.1, 0.15) is 41.9 Å². The molecule has 1 aliphatic rings. The molecule has 1 N–H and O–H groups in total. The van der Waals surface area contributed by atoms with Gasteiger partial charge in [-0.1, -0.05) is 53.5 Å². The molecule has 0 atom stereocenters. The number of hydrogen-bond acceptors (Lipinski definition) is 5. The molecule has 0 radical (unpaired) electrons. The highest BCUT2D eigenvalue weighted by atomic mass is 16.5. The largest absolute Gasteiger partial charge is 0.355 e. The van der Waals surface area contributed by atoms with Crippen LogP contribution < -0.4 is 5.32 Å². The Morgan fingerprint density at radius 3 is 2.72 bits per heavy atom. The molecule has 1 saturated carbocycles. The summed E-state index contributed by atoms with van der Waals surface area (Å²) in [5.41, 5.74) is 3.61. The second-order valence-corrected chi connectivity index (χ2v) is 7.47. The standard InChI is InChI=1S/C22H21N5O2/c1-14-20(22(28)23-16-9-5-6-10-16)24-26-27(14)17-11-12-19-18(13-17)21(29-25-19)15-7-3-2-4-8-15/h2-4,7-8,11-13,16H,5-6,9-10H2,1H3,(H,23,28). The Balaban J connectivity index is 1.49. The van der Waals surface area contributed by atoms with Crippen molar-refractivity contribution in [2.75, 3.05) is 0 Å². The van der Waals surface area contributed by atoms with E-state index in [1.807, 2.05) is 55.5 Å². The molecule has 2 aromatic carbocycles. The second kappa shape index (κ2) is 7.16. The van der Waals surface area contributed by atoms with Gasteiger partial charge < -0.3 is 9.84 Å². The molecule has 2 heterocycles. The van der Waals surface area contributed by atoms with E-state index in [9.17, 15) is 4.79 Å². The summed E-state index contributed by atoms with van der Waals surface area (Å²) in [4.78, 5) is 12.6. The highest BCUT2D eigenvalue weighted by Crippen LogP contribution is 2.30. The van der Waals surface area contributed by atoms with Crippen LogP contribution in [0.25, 0.3) is 27.9 Å². The van der Waals surface area contributed by atoms with Crippen LogP contribution in [0.15, 0.2) is 53.1 Å². The quantitative estimate of drug-likeness (QED) is 0.571. The molecule has 0 unspecified atom stereocenters. The number of hydrogen-bond donors (Lipinski definition) is 1. The molecular weight excluding hydrogens is 366 g/mol. The summed E-state index contributed by atoms with van der Waals surface area (Å²) in [7, 11) is 0. The van der Waals surface area contributed by atoms with E-state index in [0.717, 1.165) is 35.0 Å². The van der Waals surface area contributed by atoms with Crippen molar-refractivity contribution in [3.05, 3.63) is 59.9 Å². The maximum absolute atomic E-state index is 12.6. The number of carbonyl (C=O) groups is 1. The van der Waals surface area contributed by atoms with Crippen LogP contribution in [-0.4, -0.2) is 32.1 Å². The molecule has 7 heteroatoms. The van der Waals surface area contributed by atoms with Crippen molar-refractivity contribution in [2.24, 2.45) is 0 Å². The molecule has 1 aliphatic carbocycles. The Morgan fingerprint density at radius 1 is 1.14 bits per heavy atom. The summed E-state index contributed by atoms with van der Waals surface area (Å²) in [6.45, 7) is 1.86. The molecule has 0 aliphatic heterocycles. The van der Waals surface area contributed by atoms with Crippen LogP contribution in [-0.2, 0) is 0 Å². The molecule has 0 saturated heterocycles. The molecule has 146 valence electrons. The lowest BCUT2D eigenvalue weighted by Gasteiger charge is -2.10. The molecule has 4 aromatic rings. The first-order valence-corrected chi connectivity index (χ1v) is 9.89. The van der Waals surface area contributed by atoms with Crippen LogP contribution in [0, 0.1) is 6.92 Å². The first kappa shape index (κ1) is 17.6. The van der Waals surface area contributed by atoms with E-state index in [-0.39, 0.29) is 11.9 Å². The number of amides is 1. The minimum Gasteiger partial charge on any atom is -0.355 e. The maximum Gasteiger partial charge on any atom is 0.273 e. The third-order valence-electron chi connectivity index (χ3n) is 5.54. The zero-order chi connectivity index (χ0) is 19.8. The average molecular weight is 387 g/mol. The van der Waals surface area contributed by atoms with Gasteiger partial charge in [0.05, 0.1) is 16.8 Å². The van der Waals surface area contributed by atoms with Crippen LogP contribution in [0.2, 0.25) is 0 Å². The molecule has 2 aromatic heterocycles. The maximum atomic E-state index is 12.6. The van der Waals surface area contributed by atoms with Gasteiger partial charge in [0.2, 0.25) is 0 Å². The zero-order valence-corrected chi connectivity index (χ0v) is 16.1. The topological polar surface area (TPSA) is 85.8 Å². The summed E-state index contributed by atoms with van der Waals surface area (Å²) in [6.07, 6.45) is 4.40. The highest BCUT2D eigenvalue weighted by Gasteiger charge is 2.23. The van der Waals surface area contributed by atoms with Crippen molar-refractivity contribution >= 4 is 16.8 Å². The van der Waals surface area contributed by atoms with Gasteiger partial charge in [-0.2, -0.15) is 0 Å². The molecule has 29 heavy (non-hydrogen) atoms. The van der Waals surface area contributed by atoms with Gasteiger partial charge in [0, 0.05) is 11.6 Å². The van der Waals surface area contributed by atoms with E-state index in [1.54, 1.807) is 4.68 Å². The van der Waals surface area contributed by atoms with Crippen molar-refractivity contribution in [1.29, 1.82) is 0 Å². The van der Waals surface area contributed by atoms with Crippen molar-refractivity contribution in [1.82, 2.24) is 25.5 Å². The first-order chi connectivity index (χ1) is 14.2. The van der Waals surface area contributed by atoms with Gasteiger partial charge in [-0.15, -0.1) is 5.10 Å². The van der Waals surface area contributed by atoms with E-state index in [2.05, 4.69) is 20.8 Å². The molecule has 7 nitrogen and oxygen atoms in total. The lowest BCUT2D eigenvalue weighted by atomic mass is 10.1. The van der Waals surface area contributed by atoms with Crippen molar-refractivity contribution in [3.8, 4) is 17.0 Å². The monoisotopic (exact) mass is 387 g/mol. The molecule has 0 bridgehead atoms. The molecular formula is C22H21N5O2. The fourth-order valence-electron chi connectivity index (χ4n) is 3.97. The van der Waals surface area contributed by atoms with Crippen LogP contribution >= 0.6 is 0 Å². The minimum atomic E-state index is -0.156. The number of benzene rings is 2. The van der Waals surface area contributed by atoms with Gasteiger partial charge in [-0.05, 0) is 38.0 Å². The first-order valence-electron chi connectivity index (χ1n) is 9.89. The van der Waals surface area contributed by atoms with Crippen molar-refractivity contribution in [3.63, 3.8) is 0 Å². The molecule has 0 spiro atoms. The Morgan fingerprint density at radius 2 is 1.93 bits per heavy atom. The van der Waals surface area contributed by atoms with Crippen molar-refractivity contribution in [2.45, 2.75) is 38.6 Å². The summed E-state index contributed by atoms with van der Waals surface area (Å²) in [6, 6.07) is 15.9. The van der Waals surface area contributed by atoms with Crippen molar-refractivity contribution < 1.29 is 9.32 Å². The Hall–Kier alpha value is -3.48. The fraction of sp³-hybridized carbons (Fsp3) is 0.273. The van der Waals surface area contributed by atoms with E-state index in [1.165, 1.54) is 12.8 Å². The summed E-state index contributed by atoms with van der Waals surface area (Å²) in [5.74, 6) is 0.552. The highest BCUT2D eigenvalue weighted by molar-refractivity contribution is 5.94.